The van der Waals surface area contributed by atoms with Gasteiger partial charge in [0.2, 0.25) is 0 Å². The fourth-order valence-corrected chi connectivity index (χ4v) is 8.62. The van der Waals surface area contributed by atoms with E-state index in [1.165, 1.54) is 225 Å². The van der Waals surface area contributed by atoms with E-state index in [4.69, 9.17) is 14.2 Å². The monoisotopic (exact) mass is 877 g/mol. The SMILES string of the molecule is CCCCCCCCCCCCCCCCCCCCCCCCCC(=O)OCC(COC(=O)CCCCCCCCC)OC(=O)CCCCCCCCCCCCCCCC. The van der Waals surface area contributed by atoms with Crippen LogP contribution < -0.4 is 0 Å². The first-order valence-electron chi connectivity index (χ1n) is 28.0. The maximum Gasteiger partial charge on any atom is 0.306 e. The van der Waals surface area contributed by atoms with Crippen LogP contribution in [0.3, 0.4) is 0 Å². The predicted molar refractivity (Wildman–Crippen MR) is 266 cm³/mol. The van der Waals surface area contributed by atoms with Crippen LogP contribution in [0, 0.1) is 0 Å². The molecule has 0 fully saturated rings. The van der Waals surface area contributed by atoms with E-state index in [0.29, 0.717) is 19.3 Å². The number of hydrogen-bond acceptors (Lipinski definition) is 6. The lowest BCUT2D eigenvalue weighted by molar-refractivity contribution is -0.167. The highest BCUT2D eigenvalue weighted by atomic mass is 16.6. The normalized spacial score (nSPS) is 11.9. The number of hydrogen-bond donors (Lipinski definition) is 0. The van der Waals surface area contributed by atoms with Gasteiger partial charge < -0.3 is 14.2 Å². The van der Waals surface area contributed by atoms with Crippen LogP contribution in [-0.4, -0.2) is 37.2 Å². The van der Waals surface area contributed by atoms with Crippen molar-refractivity contribution in [2.45, 2.75) is 329 Å². The molecule has 0 heterocycles. The number of ether oxygens (including phenoxy) is 3. The molecular weight excluding hydrogens is 769 g/mol. The van der Waals surface area contributed by atoms with Gasteiger partial charge in [0.1, 0.15) is 13.2 Å². The van der Waals surface area contributed by atoms with Crippen molar-refractivity contribution in [1.82, 2.24) is 0 Å². The van der Waals surface area contributed by atoms with Crippen LogP contribution in [0.25, 0.3) is 0 Å². The molecule has 0 amide bonds. The van der Waals surface area contributed by atoms with Crippen LogP contribution in [0.15, 0.2) is 0 Å². The predicted octanol–water partition coefficient (Wildman–Crippen LogP) is 18.4. The molecule has 62 heavy (non-hydrogen) atoms. The summed E-state index contributed by atoms with van der Waals surface area (Å²) in [6.45, 7) is 6.65. The molecule has 0 aliphatic heterocycles. The summed E-state index contributed by atoms with van der Waals surface area (Å²) in [5, 5.41) is 0. The first-order valence-corrected chi connectivity index (χ1v) is 28.0. The molecule has 0 aliphatic rings. The molecule has 0 N–H and O–H groups in total. The largest absolute Gasteiger partial charge is 0.462 e. The minimum Gasteiger partial charge on any atom is -0.462 e. The Kier molecular flexibility index (Phi) is 50.7. The van der Waals surface area contributed by atoms with Crippen molar-refractivity contribution in [3.05, 3.63) is 0 Å². The van der Waals surface area contributed by atoms with E-state index in [0.717, 1.165) is 57.8 Å². The summed E-state index contributed by atoms with van der Waals surface area (Å²) in [6.07, 6.45) is 56.9. The molecule has 0 bridgehead atoms. The second-order valence-electron chi connectivity index (χ2n) is 19.2. The zero-order chi connectivity index (χ0) is 45.1. The van der Waals surface area contributed by atoms with E-state index in [1.54, 1.807) is 0 Å². The molecule has 6 nitrogen and oxygen atoms in total. The average molecular weight is 877 g/mol. The van der Waals surface area contributed by atoms with Crippen molar-refractivity contribution in [1.29, 1.82) is 0 Å². The summed E-state index contributed by atoms with van der Waals surface area (Å²) in [5.74, 6) is -0.846. The minimum atomic E-state index is -0.759. The summed E-state index contributed by atoms with van der Waals surface area (Å²) in [7, 11) is 0. The molecule has 0 saturated carbocycles. The van der Waals surface area contributed by atoms with Crippen LogP contribution in [-0.2, 0) is 28.6 Å². The van der Waals surface area contributed by atoms with E-state index in [-0.39, 0.29) is 31.1 Å². The van der Waals surface area contributed by atoms with Crippen molar-refractivity contribution < 1.29 is 28.6 Å². The Hall–Kier alpha value is -1.59. The molecule has 0 aromatic heterocycles. The fraction of sp³-hybridized carbons (Fsp3) is 0.946. The van der Waals surface area contributed by atoms with Crippen molar-refractivity contribution in [2.75, 3.05) is 13.2 Å². The Morgan fingerprint density at radius 3 is 0.645 bits per heavy atom. The minimum absolute atomic E-state index is 0.0621. The van der Waals surface area contributed by atoms with E-state index in [1.807, 2.05) is 0 Å². The summed E-state index contributed by atoms with van der Waals surface area (Å²) < 4.78 is 16.8. The highest BCUT2D eigenvalue weighted by Gasteiger charge is 2.19. The molecule has 0 aromatic carbocycles. The molecule has 1 atom stereocenters. The van der Waals surface area contributed by atoms with Crippen LogP contribution in [0.4, 0.5) is 0 Å². The molecule has 0 aromatic rings. The average Bonchev–Trinajstić information content (AvgIpc) is 3.27. The van der Waals surface area contributed by atoms with Crippen molar-refractivity contribution in [3.63, 3.8) is 0 Å². The zero-order valence-corrected chi connectivity index (χ0v) is 42.2. The van der Waals surface area contributed by atoms with Crippen LogP contribution in [0.2, 0.25) is 0 Å². The molecule has 0 aliphatic carbocycles. The van der Waals surface area contributed by atoms with Gasteiger partial charge in [0, 0.05) is 19.3 Å². The third-order valence-electron chi connectivity index (χ3n) is 12.9. The molecule has 0 saturated heterocycles. The van der Waals surface area contributed by atoms with Gasteiger partial charge >= 0.3 is 17.9 Å². The van der Waals surface area contributed by atoms with Gasteiger partial charge in [-0.05, 0) is 19.3 Å². The molecular formula is C56H108O6. The Balaban J connectivity index is 4.08. The van der Waals surface area contributed by atoms with Gasteiger partial charge in [-0.2, -0.15) is 0 Å². The Bertz CT molecular complexity index is 920. The maximum atomic E-state index is 12.8. The van der Waals surface area contributed by atoms with Gasteiger partial charge in [0.05, 0.1) is 0 Å². The van der Waals surface area contributed by atoms with Crippen LogP contribution >= 0.6 is 0 Å². The van der Waals surface area contributed by atoms with Gasteiger partial charge in [-0.3, -0.25) is 14.4 Å². The molecule has 368 valence electrons. The van der Waals surface area contributed by atoms with Gasteiger partial charge in [0.25, 0.3) is 0 Å². The molecule has 1 unspecified atom stereocenters. The zero-order valence-electron chi connectivity index (χ0n) is 42.2. The molecule has 0 spiro atoms. The van der Waals surface area contributed by atoms with Gasteiger partial charge in [-0.15, -0.1) is 0 Å². The maximum absolute atomic E-state index is 12.8. The second kappa shape index (κ2) is 52.0. The number of rotatable bonds is 52. The first-order chi connectivity index (χ1) is 30.5. The van der Waals surface area contributed by atoms with E-state index in [9.17, 15) is 14.4 Å². The third-order valence-corrected chi connectivity index (χ3v) is 12.9. The van der Waals surface area contributed by atoms with Crippen LogP contribution in [0.5, 0.6) is 0 Å². The lowest BCUT2D eigenvalue weighted by atomic mass is 10.0. The molecule has 0 rings (SSSR count). The van der Waals surface area contributed by atoms with Gasteiger partial charge in [0.15, 0.2) is 6.10 Å². The van der Waals surface area contributed by atoms with Gasteiger partial charge in [-0.25, -0.2) is 0 Å². The standard InChI is InChI=1S/C56H108O6/c1-4-7-10-13-16-18-20-22-24-25-26-27-28-29-30-31-32-34-35-37-40-43-46-49-55(58)61-52-53(51-60-54(57)48-45-42-39-15-12-9-6-3)62-56(59)50-47-44-41-38-36-33-23-21-19-17-14-11-8-5-2/h53H,4-52H2,1-3H3. The lowest BCUT2D eigenvalue weighted by Crippen LogP contribution is -2.30. The number of carbonyl (C=O) groups is 3. The number of carbonyl (C=O) groups excluding carboxylic acids is 3. The summed E-state index contributed by atoms with van der Waals surface area (Å²) >= 11 is 0. The Labute approximate surface area is 387 Å². The third kappa shape index (κ3) is 49.4. The van der Waals surface area contributed by atoms with E-state index >= 15 is 0 Å². The van der Waals surface area contributed by atoms with Gasteiger partial charge in [-0.1, -0.05) is 284 Å². The molecule has 0 radical (unpaired) electrons. The van der Waals surface area contributed by atoms with Crippen molar-refractivity contribution >= 4 is 17.9 Å². The number of esters is 3. The summed E-state index contributed by atoms with van der Waals surface area (Å²) in [6, 6.07) is 0. The van der Waals surface area contributed by atoms with Crippen LogP contribution in [0.1, 0.15) is 323 Å². The van der Waals surface area contributed by atoms with Crippen molar-refractivity contribution in [3.8, 4) is 0 Å². The smallest absolute Gasteiger partial charge is 0.306 e. The first kappa shape index (κ1) is 60.4. The molecule has 6 heteroatoms. The highest BCUT2D eigenvalue weighted by Crippen LogP contribution is 2.17. The van der Waals surface area contributed by atoms with E-state index in [2.05, 4.69) is 20.8 Å². The second-order valence-corrected chi connectivity index (χ2v) is 19.2. The Morgan fingerprint density at radius 2 is 0.435 bits per heavy atom. The topological polar surface area (TPSA) is 78.9 Å². The number of unbranched alkanes of at least 4 members (excludes halogenated alkanes) is 41. The highest BCUT2D eigenvalue weighted by molar-refractivity contribution is 5.71. The summed E-state index contributed by atoms with van der Waals surface area (Å²) in [4.78, 5) is 37.8. The lowest BCUT2D eigenvalue weighted by Gasteiger charge is -2.18. The van der Waals surface area contributed by atoms with Crippen molar-refractivity contribution in [2.24, 2.45) is 0 Å². The fourth-order valence-electron chi connectivity index (χ4n) is 8.62. The van der Waals surface area contributed by atoms with E-state index < -0.39 is 6.10 Å². The summed E-state index contributed by atoms with van der Waals surface area (Å²) in [5.41, 5.74) is 0. The quantitative estimate of drug-likeness (QED) is 0.0344. The Morgan fingerprint density at radius 1 is 0.258 bits per heavy atom.